The first-order chi connectivity index (χ1) is 13.3. The number of hydrogen-bond donors (Lipinski definition) is 1. The maximum absolute atomic E-state index is 13.6. The number of nitrogens with one attached hydrogen (secondary N) is 1. The molecule has 0 radical (unpaired) electrons. The van der Waals surface area contributed by atoms with Crippen LogP contribution < -0.4 is 10.2 Å². The fourth-order valence-electron chi connectivity index (χ4n) is 3.57. The number of hydrazone groups is 1. The number of carbonyl (C=O) groups excluding carboxylic acids is 3. The second-order valence-corrected chi connectivity index (χ2v) is 7.85. The molecule has 0 fully saturated rings. The number of rotatable bonds is 5. The summed E-state index contributed by atoms with van der Waals surface area (Å²) in [6.45, 7) is 9.95. The van der Waals surface area contributed by atoms with Gasteiger partial charge in [-0.15, -0.1) is 5.10 Å². The zero-order valence-electron chi connectivity index (χ0n) is 16.6. The molecule has 1 N–H and O–H groups in total. The highest BCUT2D eigenvalue weighted by atomic mass is 32.2. The third kappa shape index (κ3) is 3.29. The molecule has 150 valence electrons. The van der Waals surface area contributed by atoms with Crippen molar-refractivity contribution in [2.24, 2.45) is 5.10 Å². The van der Waals surface area contributed by atoms with Crippen molar-refractivity contribution < 1.29 is 14.4 Å². The molecule has 1 aromatic carbocycles. The normalized spacial score (nSPS) is 20.8. The van der Waals surface area contributed by atoms with Gasteiger partial charge in [-0.25, -0.2) is 0 Å². The Bertz CT molecular complexity index is 839. The lowest BCUT2D eigenvalue weighted by molar-refractivity contribution is -0.139. The summed E-state index contributed by atoms with van der Waals surface area (Å²) in [7, 11) is 0. The summed E-state index contributed by atoms with van der Waals surface area (Å²) in [6, 6.07) is 7.46. The van der Waals surface area contributed by atoms with Crippen LogP contribution in [0, 0.1) is 0 Å². The van der Waals surface area contributed by atoms with Crippen molar-refractivity contribution in [2.45, 2.75) is 32.6 Å². The second-order valence-electron chi connectivity index (χ2n) is 6.66. The number of carbonyl (C=O) groups is 3. The number of amidine groups is 1. The van der Waals surface area contributed by atoms with Crippen LogP contribution in [0.25, 0.3) is 0 Å². The van der Waals surface area contributed by atoms with Crippen molar-refractivity contribution in [3.8, 4) is 0 Å². The van der Waals surface area contributed by atoms with Crippen molar-refractivity contribution in [3.63, 3.8) is 0 Å². The van der Waals surface area contributed by atoms with Crippen LogP contribution in [0.1, 0.15) is 33.3 Å². The third-order valence-corrected chi connectivity index (χ3v) is 6.18. The lowest BCUT2D eigenvalue weighted by Crippen LogP contribution is -2.49. The van der Waals surface area contributed by atoms with Crippen molar-refractivity contribution >= 4 is 40.3 Å². The van der Waals surface area contributed by atoms with Crippen LogP contribution in [-0.2, 0) is 19.3 Å². The second kappa shape index (κ2) is 7.92. The van der Waals surface area contributed by atoms with Crippen molar-refractivity contribution in [3.05, 3.63) is 29.8 Å². The van der Waals surface area contributed by atoms with E-state index in [0.717, 1.165) is 37.1 Å². The Morgan fingerprint density at radius 3 is 2.50 bits per heavy atom. The van der Waals surface area contributed by atoms with E-state index >= 15 is 0 Å². The fourth-order valence-corrected chi connectivity index (χ4v) is 4.90. The molecule has 1 aromatic rings. The highest BCUT2D eigenvalue weighted by Crippen LogP contribution is 2.54. The number of amides is 3. The van der Waals surface area contributed by atoms with Gasteiger partial charge in [0.2, 0.25) is 16.7 Å². The SMILES string of the molecule is CCN(CC)CCN1C(=O)C2(SC(NC(C)=O)=NN2C(C)=O)c2ccccc21. The maximum atomic E-state index is 13.6. The van der Waals surface area contributed by atoms with Crippen LogP contribution in [0.5, 0.6) is 0 Å². The zero-order valence-corrected chi connectivity index (χ0v) is 17.4. The molecule has 1 spiro atoms. The molecule has 0 saturated heterocycles. The molecule has 9 heteroatoms. The fraction of sp³-hybridized carbons (Fsp3) is 0.474. The Morgan fingerprint density at radius 2 is 1.89 bits per heavy atom. The molecule has 2 aliphatic rings. The molecule has 2 heterocycles. The molecular formula is C19H25N5O3S. The van der Waals surface area contributed by atoms with Gasteiger partial charge in [-0.2, -0.15) is 5.01 Å². The van der Waals surface area contributed by atoms with E-state index in [1.807, 2.05) is 24.3 Å². The van der Waals surface area contributed by atoms with Gasteiger partial charge >= 0.3 is 0 Å². The minimum Gasteiger partial charge on any atom is -0.308 e. The molecule has 8 nitrogen and oxygen atoms in total. The van der Waals surface area contributed by atoms with Gasteiger partial charge in [0.25, 0.3) is 5.91 Å². The van der Waals surface area contributed by atoms with Gasteiger partial charge in [0, 0.05) is 32.5 Å². The third-order valence-electron chi connectivity index (χ3n) is 4.94. The van der Waals surface area contributed by atoms with Gasteiger partial charge in [-0.1, -0.05) is 32.0 Å². The molecule has 0 bridgehead atoms. The quantitative estimate of drug-likeness (QED) is 0.806. The van der Waals surface area contributed by atoms with E-state index in [4.69, 9.17) is 0 Å². The van der Waals surface area contributed by atoms with Gasteiger partial charge in [0.1, 0.15) is 0 Å². The number of para-hydroxylation sites is 1. The highest BCUT2D eigenvalue weighted by molar-refractivity contribution is 8.15. The number of benzene rings is 1. The van der Waals surface area contributed by atoms with Crippen LogP contribution in [0.2, 0.25) is 0 Å². The Labute approximate surface area is 168 Å². The number of fused-ring (bicyclic) bond motifs is 2. The summed E-state index contributed by atoms with van der Waals surface area (Å²) < 4.78 is 0. The predicted molar refractivity (Wildman–Crippen MR) is 110 cm³/mol. The Morgan fingerprint density at radius 1 is 1.21 bits per heavy atom. The summed E-state index contributed by atoms with van der Waals surface area (Å²) in [5.74, 6) is -0.879. The number of nitrogens with zero attached hydrogens (tertiary/aromatic N) is 4. The van der Waals surface area contributed by atoms with E-state index in [2.05, 4.69) is 29.2 Å². The smallest absolute Gasteiger partial charge is 0.270 e. The molecule has 28 heavy (non-hydrogen) atoms. The predicted octanol–water partition coefficient (Wildman–Crippen LogP) is 1.53. The number of thioether (sulfide) groups is 1. The number of anilines is 1. The largest absolute Gasteiger partial charge is 0.308 e. The molecular weight excluding hydrogens is 378 g/mol. The van der Waals surface area contributed by atoms with Gasteiger partial charge in [-0.3, -0.25) is 14.4 Å². The first-order valence-electron chi connectivity index (χ1n) is 9.35. The van der Waals surface area contributed by atoms with Crippen LogP contribution in [-0.4, -0.2) is 59.0 Å². The number of likely N-dealkylation sites (N-methyl/N-ethyl adjacent to an activating group) is 1. The van der Waals surface area contributed by atoms with Crippen LogP contribution in [0.4, 0.5) is 5.69 Å². The van der Waals surface area contributed by atoms with E-state index in [-0.39, 0.29) is 22.9 Å². The van der Waals surface area contributed by atoms with Crippen molar-refractivity contribution in [1.82, 2.24) is 15.2 Å². The standard InChI is InChI=1S/C19H25N5O3S/c1-5-22(6-2)11-12-23-16-10-8-7-9-15(16)19(17(23)27)24(14(4)26)21-18(28-19)20-13(3)25/h7-10H,5-6,11-12H2,1-4H3,(H,20,21,25). The number of hydrogen-bond acceptors (Lipinski definition) is 6. The molecule has 0 aliphatic carbocycles. The summed E-state index contributed by atoms with van der Waals surface area (Å²) in [5, 5.41) is 8.30. The Balaban J connectivity index is 2.00. The summed E-state index contributed by atoms with van der Waals surface area (Å²) in [5.41, 5.74) is 1.49. The minimum absolute atomic E-state index is 0.217. The topological polar surface area (TPSA) is 85.3 Å². The minimum atomic E-state index is -1.32. The van der Waals surface area contributed by atoms with E-state index in [1.165, 1.54) is 18.9 Å². The molecule has 0 aromatic heterocycles. The van der Waals surface area contributed by atoms with Crippen LogP contribution in [0.15, 0.2) is 29.4 Å². The molecule has 0 saturated carbocycles. The van der Waals surface area contributed by atoms with Gasteiger partial charge in [-0.05, 0) is 30.9 Å². The van der Waals surface area contributed by atoms with Gasteiger partial charge in [0.15, 0.2) is 5.17 Å². The summed E-state index contributed by atoms with van der Waals surface area (Å²) in [4.78, 5) is 40.2. The maximum Gasteiger partial charge on any atom is 0.270 e. The molecule has 1 atom stereocenters. The van der Waals surface area contributed by atoms with E-state index in [9.17, 15) is 14.4 Å². The summed E-state index contributed by atoms with van der Waals surface area (Å²) >= 11 is 1.10. The van der Waals surface area contributed by atoms with Crippen molar-refractivity contribution in [1.29, 1.82) is 0 Å². The monoisotopic (exact) mass is 403 g/mol. The average molecular weight is 404 g/mol. The Hall–Kier alpha value is -2.39. The van der Waals surface area contributed by atoms with Gasteiger partial charge < -0.3 is 15.1 Å². The van der Waals surface area contributed by atoms with Crippen LogP contribution >= 0.6 is 11.8 Å². The Kier molecular flexibility index (Phi) is 5.76. The first-order valence-corrected chi connectivity index (χ1v) is 10.2. The highest BCUT2D eigenvalue weighted by Gasteiger charge is 2.60. The summed E-state index contributed by atoms with van der Waals surface area (Å²) in [6.07, 6.45) is 0. The molecule has 1 unspecified atom stereocenters. The average Bonchev–Trinajstić information content (AvgIpc) is 3.14. The van der Waals surface area contributed by atoms with Crippen LogP contribution in [0.3, 0.4) is 0 Å². The lowest BCUT2D eigenvalue weighted by Gasteiger charge is -2.30. The van der Waals surface area contributed by atoms with Crippen molar-refractivity contribution in [2.75, 3.05) is 31.1 Å². The lowest BCUT2D eigenvalue weighted by atomic mass is 10.1. The molecule has 2 aliphatic heterocycles. The van der Waals surface area contributed by atoms with E-state index < -0.39 is 4.87 Å². The zero-order chi connectivity index (χ0) is 20.5. The first kappa shape index (κ1) is 20.3. The molecule has 3 amide bonds. The van der Waals surface area contributed by atoms with E-state index in [0.29, 0.717) is 12.1 Å². The molecule has 3 rings (SSSR count). The van der Waals surface area contributed by atoms with E-state index in [1.54, 1.807) is 4.90 Å². The van der Waals surface area contributed by atoms with Gasteiger partial charge in [0.05, 0.1) is 5.69 Å².